The van der Waals surface area contributed by atoms with E-state index in [0.29, 0.717) is 13.2 Å². The monoisotopic (exact) mass is 299 g/mol. The van der Waals surface area contributed by atoms with Gasteiger partial charge in [0.05, 0.1) is 6.61 Å². The first-order valence-corrected chi connectivity index (χ1v) is 8.64. The van der Waals surface area contributed by atoms with Crippen LogP contribution in [0.25, 0.3) is 0 Å². The summed E-state index contributed by atoms with van der Waals surface area (Å²) in [5, 5.41) is 3.53. The predicted molar refractivity (Wildman–Crippen MR) is 84.1 cm³/mol. The SMILES string of the molecule is CCOc1ccccc1OCCNCCC(C)S(C)=O. The molecule has 2 unspecified atom stereocenters. The highest BCUT2D eigenvalue weighted by Gasteiger charge is 2.05. The van der Waals surface area contributed by atoms with Gasteiger partial charge in [0.2, 0.25) is 0 Å². The summed E-state index contributed by atoms with van der Waals surface area (Å²) in [5.41, 5.74) is 0. The normalized spacial score (nSPS) is 13.8. The van der Waals surface area contributed by atoms with Crippen molar-refractivity contribution in [3.8, 4) is 11.5 Å². The lowest BCUT2D eigenvalue weighted by Gasteiger charge is -2.12. The van der Waals surface area contributed by atoms with E-state index < -0.39 is 10.8 Å². The van der Waals surface area contributed by atoms with Crippen LogP contribution in [-0.2, 0) is 10.8 Å². The van der Waals surface area contributed by atoms with Crippen LogP contribution in [0.5, 0.6) is 11.5 Å². The number of hydrogen-bond donors (Lipinski definition) is 1. The summed E-state index contributed by atoms with van der Waals surface area (Å²) in [6, 6.07) is 7.68. The number of benzene rings is 1. The van der Waals surface area contributed by atoms with Crippen LogP contribution >= 0.6 is 0 Å². The van der Waals surface area contributed by atoms with Crippen molar-refractivity contribution >= 4 is 10.8 Å². The zero-order valence-corrected chi connectivity index (χ0v) is 13.4. The zero-order chi connectivity index (χ0) is 14.8. The summed E-state index contributed by atoms with van der Waals surface area (Å²) in [4.78, 5) is 0. The minimum atomic E-state index is -0.740. The van der Waals surface area contributed by atoms with Gasteiger partial charge in [-0.2, -0.15) is 0 Å². The predicted octanol–water partition coefficient (Wildman–Crippen LogP) is 2.21. The third kappa shape index (κ3) is 6.39. The van der Waals surface area contributed by atoms with Crippen LogP contribution in [-0.4, -0.2) is 42.0 Å². The smallest absolute Gasteiger partial charge is 0.161 e. The van der Waals surface area contributed by atoms with E-state index in [1.165, 1.54) is 0 Å². The third-order valence-corrected chi connectivity index (χ3v) is 4.35. The Morgan fingerprint density at radius 2 is 1.85 bits per heavy atom. The van der Waals surface area contributed by atoms with Crippen LogP contribution in [0, 0.1) is 0 Å². The molecule has 114 valence electrons. The van der Waals surface area contributed by atoms with E-state index in [1.54, 1.807) is 6.26 Å². The summed E-state index contributed by atoms with van der Waals surface area (Å²) in [6.45, 7) is 6.81. The third-order valence-electron chi connectivity index (χ3n) is 2.98. The molecule has 0 aromatic heterocycles. The Bertz CT molecular complexity index is 412. The molecule has 1 rings (SSSR count). The maximum Gasteiger partial charge on any atom is 0.161 e. The highest BCUT2D eigenvalue weighted by Crippen LogP contribution is 2.25. The van der Waals surface area contributed by atoms with Crippen molar-refractivity contribution in [2.75, 3.05) is 32.6 Å². The molecule has 0 spiro atoms. The van der Waals surface area contributed by atoms with E-state index in [-0.39, 0.29) is 5.25 Å². The first-order valence-electron chi connectivity index (χ1n) is 7.02. The van der Waals surface area contributed by atoms with E-state index in [2.05, 4.69) is 5.32 Å². The Labute approximate surface area is 124 Å². The summed E-state index contributed by atoms with van der Waals surface area (Å²) in [5.74, 6) is 1.56. The summed E-state index contributed by atoms with van der Waals surface area (Å²) < 4.78 is 22.4. The molecular weight excluding hydrogens is 274 g/mol. The Morgan fingerprint density at radius 1 is 1.20 bits per heavy atom. The Morgan fingerprint density at radius 3 is 2.45 bits per heavy atom. The molecule has 4 nitrogen and oxygen atoms in total. The standard InChI is InChI=1S/C15H25NO3S/c1-4-18-14-7-5-6-8-15(14)19-12-11-16-10-9-13(2)20(3)17/h5-8,13,16H,4,9-12H2,1-3H3. The van der Waals surface area contributed by atoms with Crippen LogP contribution in [0.15, 0.2) is 24.3 Å². The molecule has 0 amide bonds. The Balaban J connectivity index is 2.20. The van der Waals surface area contributed by atoms with Gasteiger partial charge in [0.15, 0.2) is 11.5 Å². The molecule has 1 aromatic rings. The Hall–Kier alpha value is -1.07. The topological polar surface area (TPSA) is 47.6 Å². The van der Waals surface area contributed by atoms with E-state index in [4.69, 9.17) is 9.47 Å². The van der Waals surface area contributed by atoms with Gasteiger partial charge in [0.1, 0.15) is 6.61 Å². The lowest BCUT2D eigenvalue weighted by Crippen LogP contribution is -2.25. The molecule has 5 heteroatoms. The first-order chi connectivity index (χ1) is 9.65. The molecule has 0 bridgehead atoms. The first kappa shape index (κ1) is 17.0. The maximum atomic E-state index is 11.2. The molecule has 0 heterocycles. The second kappa shape index (κ2) is 9.77. The number of para-hydroxylation sites is 2. The lowest BCUT2D eigenvalue weighted by molar-refractivity contribution is 0.276. The molecule has 2 atom stereocenters. The Kier molecular flexibility index (Phi) is 8.30. The fraction of sp³-hybridized carbons (Fsp3) is 0.600. The average Bonchev–Trinajstić information content (AvgIpc) is 2.44. The van der Waals surface area contributed by atoms with Crippen LogP contribution in [0.1, 0.15) is 20.3 Å². The van der Waals surface area contributed by atoms with Crippen LogP contribution < -0.4 is 14.8 Å². The van der Waals surface area contributed by atoms with Crippen molar-refractivity contribution < 1.29 is 13.7 Å². The van der Waals surface area contributed by atoms with Gasteiger partial charge in [0, 0.05) is 28.9 Å². The zero-order valence-electron chi connectivity index (χ0n) is 12.6. The minimum Gasteiger partial charge on any atom is -0.490 e. The van der Waals surface area contributed by atoms with E-state index in [9.17, 15) is 4.21 Å². The molecule has 0 radical (unpaired) electrons. The molecule has 0 aliphatic carbocycles. The van der Waals surface area contributed by atoms with Crippen molar-refractivity contribution in [2.24, 2.45) is 0 Å². The molecule has 1 N–H and O–H groups in total. The van der Waals surface area contributed by atoms with Crippen molar-refractivity contribution in [2.45, 2.75) is 25.5 Å². The molecule has 20 heavy (non-hydrogen) atoms. The van der Waals surface area contributed by atoms with Crippen molar-refractivity contribution in [1.82, 2.24) is 5.32 Å². The van der Waals surface area contributed by atoms with Crippen molar-refractivity contribution in [3.05, 3.63) is 24.3 Å². The van der Waals surface area contributed by atoms with Gasteiger partial charge in [-0.25, -0.2) is 0 Å². The number of nitrogens with one attached hydrogen (secondary N) is 1. The maximum absolute atomic E-state index is 11.2. The van der Waals surface area contributed by atoms with E-state index in [1.807, 2.05) is 38.1 Å². The largest absolute Gasteiger partial charge is 0.490 e. The molecule has 0 fully saturated rings. The molecule has 1 aromatic carbocycles. The molecule has 0 saturated heterocycles. The van der Waals surface area contributed by atoms with Crippen molar-refractivity contribution in [1.29, 1.82) is 0 Å². The quantitative estimate of drug-likeness (QED) is 0.673. The van der Waals surface area contributed by atoms with E-state index >= 15 is 0 Å². The van der Waals surface area contributed by atoms with Gasteiger partial charge in [-0.15, -0.1) is 0 Å². The van der Waals surface area contributed by atoms with E-state index in [0.717, 1.165) is 31.0 Å². The minimum absolute atomic E-state index is 0.238. The van der Waals surface area contributed by atoms with Gasteiger partial charge in [0.25, 0.3) is 0 Å². The summed E-state index contributed by atoms with van der Waals surface area (Å²) in [7, 11) is -0.740. The van der Waals surface area contributed by atoms with Gasteiger partial charge in [-0.3, -0.25) is 4.21 Å². The fourth-order valence-electron chi connectivity index (χ4n) is 1.67. The molecule has 0 saturated carbocycles. The van der Waals surface area contributed by atoms with Gasteiger partial charge >= 0.3 is 0 Å². The number of ether oxygens (including phenoxy) is 2. The average molecular weight is 299 g/mol. The summed E-state index contributed by atoms with van der Waals surface area (Å²) >= 11 is 0. The summed E-state index contributed by atoms with van der Waals surface area (Å²) in [6.07, 6.45) is 2.66. The molecule has 0 aliphatic heterocycles. The van der Waals surface area contributed by atoms with Gasteiger partial charge in [-0.05, 0) is 32.0 Å². The number of hydrogen-bond acceptors (Lipinski definition) is 4. The van der Waals surface area contributed by atoms with Gasteiger partial charge in [-0.1, -0.05) is 19.1 Å². The molecule has 0 aliphatic rings. The van der Waals surface area contributed by atoms with Gasteiger partial charge < -0.3 is 14.8 Å². The second-order valence-corrected chi connectivity index (χ2v) is 6.38. The highest BCUT2D eigenvalue weighted by atomic mass is 32.2. The van der Waals surface area contributed by atoms with Crippen LogP contribution in [0.3, 0.4) is 0 Å². The van der Waals surface area contributed by atoms with Crippen molar-refractivity contribution in [3.63, 3.8) is 0 Å². The number of rotatable bonds is 10. The highest BCUT2D eigenvalue weighted by molar-refractivity contribution is 7.84. The fourth-order valence-corrected chi connectivity index (χ4v) is 2.12. The lowest BCUT2D eigenvalue weighted by atomic mass is 10.3. The second-order valence-electron chi connectivity index (χ2n) is 4.58. The van der Waals surface area contributed by atoms with Crippen LogP contribution in [0.2, 0.25) is 0 Å². The van der Waals surface area contributed by atoms with Crippen LogP contribution in [0.4, 0.5) is 0 Å². The molecular formula is C15H25NO3S.